The molecule has 0 aliphatic carbocycles. The second kappa shape index (κ2) is 15.5. The van der Waals surface area contributed by atoms with Gasteiger partial charge in [-0.15, -0.1) is 0 Å². The molecule has 1 heterocycles. The van der Waals surface area contributed by atoms with Crippen LogP contribution in [0.4, 0.5) is 5.69 Å². The van der Waals surface area contributed by atoms with E-state index in [1.807, 2.05) is 56.3 Å². The van der Waals surface area contributed by atoms with Gasteiger partial charge in [-0.1, -0.05) is 84.9 Å². The summed E-state index contributed by atoms with van der Waals surface area (Å²) in [4.78, 5) is 33.3. The van der Waals surface area contributed by atoms with Crippen LogP contribution in [0.25, 0.3) is 0 Å². The molecule has 240 valence electrons. The molecule has 0 fully saturated rings. The molecule has 0 spiro atoms. The number of fused-ring (bicyclic) bond motifs is 1. The van der Waals surface area contributed by atoms with Gasteiger partial charge in [-0.25, -0.2) is 0 Å². The summed E-state index contributed by atoms with van der Waals surface area (Å²) >= 11 is 1.74. The van der Waals surface area contributed by atoms with E-state index in [4.69, 9.17) is 4.74 Å². The van der Waals surface area contributed by atoms with E-state index in [2.05, 4.69) is 60.6 Å². The fourth-order valence-electron chi connectivity index (χ4n) is 5.62. The summed E-state index contributed by atoms with van der Waals surface area (Å²) < 4.78 is 6.70. The molecule has 0 aromatic heterocycles. The zero-order chi connectivity index (χ0) is 32.6. The SMILES string of the molecule is Cc1ccc(CC(=O)Nc2cccc3c2O[C@H](CN(C)Cc2ccc(Sc4ccccc4)cc2)[C@H](C)CN([C@@H](C)CO)C3=O)cc1. The van der Waals surface area contributed by atoms with E-state index in [9.17, 15) is 14.7 Å². The van der Waals surface area contributed by atoms with Gasteiger partial charge in [0.25, 0.3) is 5.91 Å². The maximum atomic E-state index is 13.8. The number of para-hydroxylation sites is 1. The van der Waals surface area contributed by atoms with Gasteiger partial charge in [0.15, 0.2) is 5.75 Å². The summed E-state index contributed by atoms with van der Waals surface area (Å²) in [5.74, 6) is -0.0912. The number of ether oxygens (including phenoxy) is 1. The quantitative estimate of drug-likeness (QED) is 0.191. The number of nitrogens with zero attached hydrogens (tertiary/aromatic N) is 2. The van der Waals surface area contributed by atoms with Crippen LogP contribution in [0, 0.1) is 12.8 Å². The van der Waals surface area contributed by atoms with E-state index in [-0.39, 0.29) is 42.9 Å². The molecule has 8 heteroatoms. The topological polar surface area (TPSA) is 82.1 Å². The Morgan fingerprint density at radius 3 is 2.35 bits per heavy atom. The molecule has 0 saturated heterocycles. The maximum absolute atomic E-state index is 13.8. The highest BCUT2D eigenvalue weighted by Crippen LogP contribution is 2.35. The molecule has 0 saturated carbocycles. The lowest BCUT2D eigenvalue weighted by Crippen LogP contribution is -2.49. The van der Waals surface area contributed by atoms with Crippen LogP contribution in [-0.4, -0.2) is 65.6 Å². The summed E-state index contributed by atoms with van der Waals surface area (Å²) in [5, 5.41) is 13.0. The van der Waals surface area contributed by atoms with Gasteiger partial charge in [-0.3, -0.25) is 14.5 Å². The van der Waals surface area contributed by atoms with Crippen LogP contribution in [0.2, 0.25) is 0 Å². The van der Waals surface area contributed by atoms with Gasteiger partial charge >= 0.3 is 0 Å². The van der Waals surface area contributed by atoms with E-state index in [1.165, 1.54) is 15.4 Å². The Morgan fingerprint density at radius 1 is 0.978 bits per heavy atom. The normalized spacial score (nSPS) is 17.1. The average molecular weight is 638 g/mol. The second-order valence-electron chi connectivity index (χ2n) is 12.3. The Balaban J connectivity index is 1.34. The van der Waals surface area contributed by atoms with Gasteiger partial charge in [0.2, 0.25) is 5.91 Å². The molecule has 7 nitrogen and oxygen atoms in total. The van der Waals surface area contributed by atoms with Gasteiger partial charge in [-0.2, -0.15) is 0 Å². The highest BCUT2D eigenvalue weighted by atomic mass is 32.2. The molecule has 3 atom stereocenters. The number of anilines is 1. The molecule has 0 bridgehead atoms. The van der Waals surface area contributed by atoms with Gasteiger partial charge < -0.3 is 20.1 Å². The Labute approximate surface area is 276 Å². The summed E-state index contributed by atoms with van der Waals surface area (Å²) in [7, 11) is 2.07. The molecule has 46 heavy (non-hydrogen) atoms. The first kappa shape index (κ1) is 33.3. The molecule has 2 amide bonds. The van der Waals surface area contributed by atoms with E-state index < -0.39 is 0 Å². The van der Waals surface area contributed by atoms with Crippen molar-refractivity contribution in [2.45, 2.75) is 55.7 Å². The molecular weight excluding hydrogens is 595 g/mol. The molecule has 5 rings (SSSR count). The van der Waals surface area contributed by atoms with Crippen LogP contribution in [0.3, 0.4) is 0 Å². The predicted octanol–water partition coefficient (Wildman–Crippen LogP) is 6.68. The number of aryl methyl sites for hydroxylation is 1. The first-order valence-electron chi connectivity index (χ1n) is 15.8. The van der Waals surface area contributed by atoms with Crippen LogP contribution < -0.4 is 10.1 Å². The molecule has 0 radical (unpaired) electrons. The van der Waals surface area contributed by atoms with Crippen molar-refractivity contribution in [3.05, 3.63) is 119 Å². The van der Waals surface area contributed by atoms with Crippen LogP contribution >= 0.6 is 11.8 Å². The largest absolute Gasteiger partial charge is 0.486 e. The third-order valence-corrected chi connectivity index (χ3v) is 9.31. The predicted molar refractivity (Wildman–Crippen MR) is 184 cm³/mol. The number of aliphatic hydroxyl groups excluding tert-OH is 1. The lowest BCUT2D eigenvalue weighted by molar-refractivity contribution is -0.115. The molecular formula is C38H43N3O4S. The number of carbonyl (C=O) groups is 2. The van der Waals surface area contributed by atoms with Crippen molar-refractivity contribution >= 4 is 29.3 Å². The van der Waals surface area contributed by atoms with Crippen molar-refractivity contribution in [3.8, 4) is 5.75 Å². The second-order valence-corrected chi connectivity index (χ2v) is 13.4. The minimum Gasteiger partial charge on any atom is -0.486 e. The van der Waals surface area contributed by atoms with Gasteiger partial charge in [0.1, 0.15) is 6.10 Å². The highest BCUT2D eigenvalue weighted by molar-refractivity contribution is 7.99. The first-order chi connectivity index (χ1) is 22.2. The molecule has 1 aliphatic heterocycles. The van der Waals surface area contributed by atoms with Gasteiger partial charge in [0, 0.05) is 35.3 Å². The number of carbonyl (C=O) groups excluding carboxylic acids is 2. The molecule has 4 aromatic carbocycles. The lowest BCUT2D eigenvalue weighted by Gasteiger charge is -2.38. The van der Waals surface area contributed by atoms with E-state index in [0.29, 0.717) is 30.1 Å². The van der Waals surface area contributed by atoms with Crippen LogP contribution in [0.5, 0.6) is 5.75 Å². The van der Waals surface area contributed by atoms with Gasteiger partial charge in [-0.05, 0) is 68.4 Å². The summed E-state index contributed by atoms with van der Waals surface area (Å²) in [6.07, 6.45) is -0.0788. The Kier molecular flexibility index (Phi) is 11.2. The fraction of sp³-hybridized carbons (Fsp3) is 0.316. The van der Waals surface area contributed by atoms with Crippen LogP contribution in [-0.2, 0) is 17.8 Å². The van der Waals surface area contributed by atoms with Crippen molar-refractivity contribution in [2.75, 3.05) is 32.1 Å². The summed E-state index contributed by atoms with van der Waals surface area (Å²) in [6.45, 7) is 7.54. The van der Waals surface area contributed by atoms with E-state index >= 15 is 0 Å². The van der Waals surface area contributed by atoms with E-state index in [0.717, 1.165) is 17.7 Å². The monoisotopic (exact) mass is 637 g/mol. The van der Waals surface area contributed by atoms with Crippen molar-refractivity contribution in [2.24, 2.45) is 5.92 Å². The zero-order valence-corrected chi connectivity index (χ0v) is 27.8. The Hall–Kier alpha value is -4.11. The average Bonchev–Trinajstić information content (AvgIpc) is 3.05. The smallest absolute Gasteiger partial charge is 0.258 e. The van der Waals surface area contributed by atoms with Crippen molar-refractivity contribution in [1.29, 1.82) is 0 Å². The minimum absolute atomic E-state index is 0.0467. The zero-order valence-electron chi connectivity index (χ0n) is 27.0. The maximum Gasteiger partial charge on any atom is 0.258 e. The lowest BCUT2D eigenvalue weighted by atomic mass is 9.98. The molecule has 1 aliphatic rings. The number of hydrogen-bond donors (Lipinski definition) is 2. The molecule has 0 unspecified atom stereocenters. The summed E-state index contributed by atoms with van der Waals surface area (Å²) in [5.41, 5.74) is 4.06. The van der Waals surface area contributed by atoms with Crippen LogP contribution in [0.1, 0.15) is 40.9 Å². The number of rotatable bonds is 11. The number of amides is 2. The number of likely N-dealkylation sites (N-methyl/N-ethyl adjacent to an activating group) is 1. The molecule has 4 aromatic rings. The van der Waals surface area contributed by atoms with Crippen molar-refractivity contribution < 1.29 is 19.4 Å². The third-order valence-electron chi connectivity index (χ3n) is 8.30. The summed E-state index contributed by atoms with van der Waals surface area (Å²) in [6, 6.07) is 31.7. The van der Waals surface area contributed by atoms with Crippen molar-refractivity contribution in [1.82, 2.24) is 9.80 Å². The number of aliphatic hydroxyl groups is 1. The standard InChI is InChI=1S/C38H43N3O4S/c1-26-13-15-29(16-14-26)21-36(43)39-34-12-8-11-33-37(34)45-35(27(2)22-41(38(33)44)28(3)25-42)24-40(4)23-30-17-19-32(20-18-30)46-31-9-6-5-7-10-31/h5-20,27-28,35,42H,21-25H2,1-4H3,(H,39,43)/t27-,28+,35-/m1/s1. The van der Waals surface area contributed by atoms with Gasteiger partial charge in [0.05, 0.1) is 30.3 Å². The van der Waals surface area contributed by atoms with Crippen molar-refractivity contribution in [3.63, 3.8) is 0 Å². The van der Waals surface area contributed by atoms with Crippen LogP contribution in [0.15, 0.2) is 107 Å². The Bertz CT molecular complexity index is 1610. The number of benzene rings is 4. The third kappa shape index (κ3) is 8.57. The van der Waals surface area contributed by atoms with E-state index in [1.54, 1.807) is 34.9 Å². The molecule has 2 N–H and O–H groups in total. The fourth-order valence-corrected chi connectivity index (χ4v) is 6.45. The highest BCUT2D eigenvalue weighted by Gasteiger charge is 2.34. The number of nitrogens with one attached hydrogen (secondary N) is 1. The Morgan fingerprint density at radius 2 is 1.65 bits per heavy atom. The number of hydrogen-bond acceptors (Lipinski definition) is 6. The first-order valence-corrected chi connectivity index (χ1v) is 16.6. The minimum atomic E-state index is -0.369.